The topological polar surface area (TPSA) is 45.6 Å². The van der Waals surface area contributed by atoms with Crippen LogP contribution in [0.25, 0.3) is 0 Å². The van der Waals surface area contributed by atoms with Gasteiger partial charge in [-0.15, -0.1) is 24.0 Å². The molecule has 20 heavy (non-hydrogen) atoms. The first-order valence-electron chi connectivity index (χ1n) is 6.92. The van der Waals surface area contributed by atoms with E-state index in [-0.39, 0.29) is 29.4 Å². The van der Waals surface area contributed by atoms with Gasteiger partial charge in [-0.25, -0.2) is 0 Å². The van der Waals surface area contributed by atoms with Crippen molar-refractivity contribution in [1.82, 2.24) is 10.6 Å². The quantitative estimate of drug-likeness (QED) is 0.783. The van der Waals surface area contributed by atoms with Crippen molar-refractivity contribution in [3.8, 4) is 5.75 Å². The van der Waals surface area contributed by atoms with Crippen molar-refractivity contribution >= 4 is 29.9 Å². The number of benzene rings is 1. The van der Waals surface area contributed by atoms with Crippen LogP contribution in [-0.4, -0.2) is 32.2 Å². The van der Waals surface area contributed by atoms with Crippen molar-refractivity contribution in [2.24, 2.45) is 4.99 Å². The van der Waals surface area contributed by atoms with E-state index in [1.54, 1.807) is 7.11 Å². The van der Waals surface area contributed by atoms with Gasteiger partial charge in [-0.3, -0.25) is 4.99 Å². The fourth-order valence-corrected chi connectivity index (χ4v) is 2.78. The standard InChI is InChI=1S/C15H21N3O.HI/c1-15(11-6-3-4-7-12(11)19-2)10-13(15)18-14-16-8-5-9-17-14;/h3-4,6-7,13H,5,8-10H2,1-2H3,(H2,16,17,18);1H. The van der Waals surface area contributed by atoms with Gasteiger partial charge in [-0.2, -0.15) is 0 Å². The van der Waals surface area contributed by atoms with Crippen molar-refractivity contribution in [3.05, 3.63) is 29.8 Å². The fourth-order valence-electron chi connectivity index (χ4n) is 2.78. The second-order valence-electron chi connectivity index (χ2n) is 5.53. The lowest BCUT2D eigenvalue weighted by molar-refractivity contribution is 0.404. The first kappa shape index (κ1) is 15.4. The molecule has 1 aromatic rings. The molecule has 0 bridgehead atoms. The lowest BCUT2D eigenvalue weighted by Gasteiger charge is -2.19. The zero-order valence-electron chi connectivity index (χ0n) is 12.0. The largest absolute Gasteiger partial charge is 0.496 e. The van der Waals surface area contributed by atoms with Crippen LogP contribution in [0.2, 0.25) is 0 Å². The number of para-hydroxylation sites is 1. The molecular weight excluding hydrogens is 365 g/mol. The number of hydrogen-bond donors (Lipinski definition) is 2. The Labute approximate surface area is 137 Å². The number of ether oxygens (including phenoxy) is 1. The van der Waals surface area contributed by atoms with Gasteiger partial charge in [0, 0.05) is 30.1 Å². The summed E-state index contributed by atoms with van der Waals surface area (Å²) in [4.78, 5) is 4.47. The number of nitrogens with zero attached hydrogens (tertiary/aromatic N) is 1. The third-order valence-electron chi connectivity index (χ3n) is 4.17. The molecule has 1 aliphatic carbocycles. The molecule has 5 heteroatoms. The van der Waals surface area contributed by atoms with E-state index >= 15 is 0 Å². The third kappa shape index (κ3) is 2.87. The minimum Gasteiger partial charge on any atom is -0.496 e. The molecule has 0 amide bonds. The van der Waals surface area contributed by atoms with E-state index in [0.717, 1.165) is 37.6 Å². The van der Waals surface area contributed by atoms with Gasteiger partial charge in [0.25, 0.3) is 0 Å². The van der Waals surface area contributed by atoms with Crippen LogP contribution >= 0.6 is 24.0 Å². The molecule has 2 aliphatic rings. The normalized spacial score (nSPS) is 27.7. The fraction of sp³-hybridized carbons (Fsp3) is 0.533. The van der Waals surface area contributed by atoms with Gasteiger partial charge in [-0.1, -0.05) is 25.1 Å². The second kappa shape index (κ2) is 6.20. The minimum absolute atomic E-state index is 0. The van der Waals surface area contributed by atoms with Gasteiger partial charge in [0.05, 0.1) is 7.11 Å². The molecule has 0 radical (unpaired) electrons. The van der Waals surface area contributed by atoms with Crippen molar-refractivity contribution in [2.45, 2.75) is 31.2 Å². The highest BCUT2D eigenvalue weighted by atomic mass is 127. The smallest absolute Gasteiger partial charge is 0.191 e. The molecule has 1 fully saturated rings. The maximum absolute atomic E-state index is 5.48. The Hall–Kier alpha value is -0.980. The monoisotopic (exact) mass is 387 g/mol. The van der Waals surface area contributed by atoms with Gasteiger partial charge in [0.1, 0.15) is 5.75 Å². The van der Waals surface area contributed by atoms with Crippen molar-refractivity contribution in [3.63, 3.8) is 0 Å². The average molecular weight is 387 g/mol. The molecule has 0 aromatic heterocycles. The zero-order valence-corrected chi connectivity index (χ0v) is 14.3. The van der Waals surface area contributed by atoms with Gasteiger partial charge >= 0.3 is 0 Å². The summed E-state index contributed by atoms with van der Waals surface area (Å²) in [7, 11) is 1.74. The first-order chi connectivity index (χ1) is 9.24. The molecule has 1 heterocycles. The number of hydrogen-bond acceptors (Lipinski definition) is 4. The van der Waals surface area contributed by atoms with Crippen molar-refractivity contribution < 1.29 is 4.74 Å². The van der Waals surface area contributed by atoms with E-state index in [1.165, 1.54) is 5.56 Å². The maximum atomic E-state index is 5.48. The lowest BCUT2D eigenvalue weighted by Crippen LogP contribution is -2.43. The SMILES string of the molecule is COc1ccccc1C1(C)CC1NC1=NCCCN1.I. The molecule has 0 saturated heterocycles. The molecular formula is C15H22IN3O. The summed E-state index contributed by atoms with van der Waals surface area (Å²) in [6, 6.07) is 8.73. The van der Waals surface area contributed by atoms with Gasteiger partial charge in [0.15, 0.2) is 5.96 Å². The summed E-state index contributed by atoms with van der Waals surface area (Å²) < 4.78 is 5.48. The summed E-state index contributed by atoms with van der Waals surface area (Å²) in [5.41, 5.74) is 1.43. The van der Waals surface area contributed by atoms with Gasteiger partial charge in [-0.05, 0) is 18.9 Å². The Bertz CT molecular complexity index is 506. The highest BCUT2D eigenvalue weighted by Crippen LogP contribution is 2.50. The van der Waals surface area contributed by atoms with E-state index in [2.05, 4.69) is 34.7 Å². The van der Waals surface area contributed by atoms with Crippen LogP contribution in [0.15, 0.2) is 29.3 Å². The Kier molecular flexibility index (Phi) is 4.78. The van der Waals surface area contributed by atoms with Crippen LogP contribution in [-0.2, 0) is 5.41 Å². The lowest BCUT2D eigenvalue weighted by atomic mass is 9.96. The molecule has 4 nitrogen and oxygen atoms in total. The summed E-state index contributed by atoms with van der Waals surface area (Å²) in [6.07, 6.45) is 2.24. The molecule has 0 spiro atoms. The Morgan fingerprint density at radius 1 is 1.40 bits per heavy atom. The predicted octanol–water partition coefficient (Wildman–Crippen LogP) is 2.28. The molecule has 1 aliphatic heterocycles. The van der Waals surface area contributed by atoms with Crippen LogP contribution in [0, 0.1) is 0 Å². The minimum atomic E-state index is 0. The van der Waals surface area contributed by atoms with Crippen LogP contribution in [0.5, 0.6) is 5.75 Å². The summed E-state index contributed by atoms with van der Waals surface area (Å²) in [6.45, 7) is 4.23. The molecule has 1 saturated carbocycles. The summed E-state index contributed by atoms with van der Waals surface area (Å²) >= 11 is 0. The Morgan fingerprint density at radius 2 is 2.20 bits per heavy atom. The average Bonchev–Trinajstić information content (AvgIpc) is 3.11. The summed E-state index contributed by atoms with van der Waals surface area (Å²) in [5.74, 6) is 1.93. The molecule has 2 unspecified atom stereocenters. The van der Waals surface area contributed by atoms with E-state index in [1.807, 2.05) is 12.1 Å². The van der Waals surface area contributed by atoms with E-state index in [0.29, 0.717) is 6.04 Å². The molecule has 110 valence electrons. The van der Waals surface area contributed by atoms with Crippen LogP contribution in [0.3, 0.4) is 0 Å². The Balaban J connectivity index is 0.00000147. The third-order valence-corrected chi connectivity index (χ3v) is 4.17. The summed E-state index contributed by atoms with van der Waals surface area (Å²) in [5, 5.41) is 6.83. The Morgan fingerprint density at radius 3 is 2.90 bits per heavy atom. The van der Waals surface area contributed by atoms with Crippen LogP contribution in [0.4, 0.5) is 0 Å². The predicted molar refractivity (Wildman–Crippen MR) is 92.2 cm³/mol. The number of guanidine groups is 1. The molecule has 2 N–H and O–H groups in total. The van der Waals surface area contributed by atoms with Gasteiger partial charge in [0.2, 0.25) is 0 Å². The van der Waals surface area contributed by atoms with E-state index in [9.17, 15) is 0 Å². The highest BCUT2D eigenvalue weighted by molar-refractivity contribution is 14.0. The van der Waals surface area contributed by atoms with Gasteiger partial charge < -0.3 is 15.4 Å². The van der Waals surface area contributed by atoms with Crippen LogP contribution < -0.4 is 15.4 Å². The van der Waals surface area contributed by atoms with E-state index in [4.69, 9.17) is 4.74 Å². The van der Waals surface area contributed by atoms with E-state index < -0.39 is 0 Å². The van der Waals surface area contributed by atoms with Crippen molar-refractivity contribution in [1.29, 1.82) is 0 Å². The highest BCUT2D eigenvalue weighted by Gasteiger charge is 2.53. The molecule has 1 aromatic carbocycles. The van der Waals surface area contributed by atoms with Crippen LogP contribution in [0.1, 0.15) is 25.3 Å². The zero-order chi connectivity index (χ0) is 13.3. The molecule has 3 rings (SSSR count). The number of aliphatic imine (C=N–C) groups is 1. The number of halogens is 1. The maximum Gasteiger partial charge on any atom is 0.191 e. The number of rotatable bonds is 3. The first-order valence-corrected chi connectivity index (χ1v) is 6.92. The molecule has 2 atom stereocenters. The number of nitrogens with one attached hydrogen (secondary N) is 2. The van der Waals surface area contributed by atoms with Crippen molar-refractivity contribution in [2.75, 3.05) is 20.2 Å². The number of methoxy groups -OCH3 is 1. The second-order valence-corrected chi connectivity index (χ2v) is 5.53.